The molecule has 0 aliphatic rings. The summed E-state index contributed by atoms with van der Waals surface area (Å²) < 4.78 is 0. The van der Waals surface area contributed by atoms with Gasteiger partial charge in [0.2, 0.25) is 0 Å². The van der Waals surface area contributed by atoms with E-state index in [9.17, 15) is 0 Å². The third-order valence-corrected chi connectivity index (χ3v) is 7.68. The SMILES string of the molecule is S[S][Ti]([Cl])[Cl]. The Hall–Kier alpha value is 1.99. The Morgan fingerprint density at radius 3 is 1.80 bits per heavy atom. The summed E-state index contributed by atoms with van der Waals surface area (Å²) in [5.41, 5.74) is 0. The van der Waals surface area contributed by atoms with Crippen molar-refractivity contribution in [3.8, 4) is 0 Å². The third-order valence-electron chi connectivity index (χ3n) is 0.0690. The molecular weight excluding hydrogens is 183 g/mol. The van der Waals surface area contributed by atoms with Gasteiger partial charge in [0.1, 0.15) is 0 Å². The number of thiol groups is 1. The molecule has 0 heterocycles. The van der Waals surface area contributed by atoms with Crippen molar-refractivity contribution in [2.24, 2.45) is 0 Å². The van der Waals surface area contributed by atoms with E-state index in [1.165, 1.54) is 8.38 Å². The molecule has 0 rings (SSSR count). The molecule has 0 aliphatic heterocycles. The van der Waals surface area contributed by atoms with Crippen LogP contribution in [0.3, 0.4) is 0 Å². The molecule has 0 spiro atoms. The molecule has 31 valence electrons. The van der Waals surface area contributed by atoms with Crippen LogP contribution < -0.4 is 0 Å². The van der Waals surface area contributed by atoms with Gasteiger partial charge in [-0.25, -0.2) is 0 Å². The minimum absolute atomic E-state index is 1.27. The van der Waals surface area contributed by atoms with E-state index >= 15 is 0 Å². The second kappa shape index (κ2) is 4.16. The van der Waals surface area contributed by atoms with Crippen LogP contribution in [0.25, 0.3) is 0 Å². The van der Waals surface area contributed by atoms with E-state index in [2.05, 4.69) is 11.7 Å². The summed E-state index contributed by atoms with van der Waals surface area (Å²) in [4.78, 5) is 0. The minimum atomic E-state index is -1.63. The Morgan fingerprint density at radius 1 is 1.60 bits per heavy atom. The zero-order valence-electron chi connectivity index (χ0n) is 2.11. The van der Waals surface area contributed by atoms with Crippen LogP contribution in [0.2, 0.25) is 0 Å². The molecule has 0 saturated heterocycles. The topological polar surface area (TPSA) is 0 Å². The monoisotopic (exact) mass is 183 g/mol. The molecule has 0 N–H and O–H groups in total. The fraction of sp³-hybridized carbons (Fsp3) is 0. The maximum absolute atomic E-state index is 5.28. The summed E-state index contributed by atoms with van der Waals surface area (Å²) in [6.45, 7) is 0. The Balaban J connectivity index is 2.54. The van der Waals surface area contributed by atoms with E-state index in [0.29, 0.717) is 0 Å². The van der Waals surface area contributed by atoms with Crippen molar-refractivity contribution >= 4 is 38.7 Å². The van der Waals surface area contributed by atoms with Crippen molar-refractivity contribution in [2.75, 3.05) is 0 Å². The average molecular weight is 184 g/mol. The third kappa shape index (κ3) is 5.99. The van der Waals surface area contributed by atoms with Crippen molar-refractivity contribution in [1.29, 1.82) is 0 Å². The van der Waals surface area contributed by atoms with Crippen LogP contribution in [0.5, 0.6) is 0 Å². The van der Waals surface area contributed by atoms with Crippen molar-refractivity contribution < 1.29 is 14.4 Å². The Kier molecular flexibility index (Phi) is 5.82. The predicted molar refractivity (Wildman–Crippen MR) is 28.3 cm³/mol. The molecule has 0 atom stereocenters. The first-order valence-electron chi connectivity index (χ1n) is 0.765. The fourth-order valence-electron chi connectivity index (χ4n) is 0. The van der Waals surface area contributed by atoms with E-state index < -0.39 is 14.4 Å². The van der Waals surface area contributed by atoms with Crippen molar-refractivity contribution in [1.82, 2.24) is 0 Å². The van der Waals surface area contributed by atoms with E-state index in [1.54, 1.807) is 0 Å². The molecule has 0 bridgehead atoms. The molecule has 0 amide bonds. The number of hydrogen-bond acceptors (Lipinski definition) is 2. The molecule has 0 radical (unpaired) electrons. The van der Waals surface area contributed by atoms with Crippen LogP contribution >= 0.6 is 38.7 Å². The van der Waals surface area contributed by atoms with Crippen molar-refractivity contribution in [2.45, 2.75) is 0 Å². The summed E-state index contributed by atoms with van der Waals surface area (Å²) in [6.07, 6.45) is 0. The average Bonchev–Trinajstić information content (AvgIpc) is 1.38. The van der Waals surface area contributed by atoms with E-state index in [1.807, 2.05) is 0 Å². The van der Waals surface area contributed by atoms with Gasteiger partial charge in [-0.2, -0.15) is 0 Å². The summed E-state index contributed by atoms with van der Waals surface area (Å²) >= 11 is 2.11. The maximum atomic E-state index is 5.28. The van der Waals surface area contributed by atoms with Crippen molar-refractivity contribution in [3.63, 3.8) is 0 Å². The first-order valence-corrected chi connectivity index (χ1v) is 8.84. The van der Waals surface area contributed by atoms with Crippen LogP contribution in [0.4, 0.5) is 0 Å². The van der Waals surface area contributed by atoms with Gasteiger partial charge in [-0.15, -0.1) is 0 Å². The molecule has 0 aromatic carbocycles. The number of rotatable bonds is 1. The van der Waals surface area contributed by atoms with Gasteiger partial charge in [-0.05, 0) is 0 Å². The molecule has 0 aromatic heterocycles. The molecule has 5 heavy (non-hydrogen) atoms. The number of halogens is 2. The Labute approximate surface area is 52.6 Å². The standard InChI is InChI=1S/2ClH.H2S2.Ti/c;;1-2;/h2*1H;1-2H;/q;;;+3/p-3. The van der Waals surface area contributed by atoms with Crippen LogP contribution in [0.1, 0.15) is 0 Å². The van der Waals surface area contributed by atoms with Crippen LogP contribution in [0, 0.1) is 0 Å². The first-order chi connectivity index (χ1) is 2.27. The second-order valence-corrected chi connectivity index (χ2v) is 11.8. The van der Waals surface area contributed by atoms with Crippen LogP contribution in [-0.4, -0.2) is 0 Å². The van der Waals surface area contributed by atoms with Gasteiger partial charge in [0.05, 0.1) is 0 Å². The molecule has 0 unspecified atom stereocenters. The normalized spacial score (nSPS) is 7.80. The van der Waals surface area contributed by atoms with E-state index in [-0.39, 0.29) is 0 Å². The van der Waals surface area contributed by atoms with Gasteiger partial charge >= 0.3 is 53.1 Å². The van der Waals surface area contributed by atoms with Gasteiger partial charge in [-0.1, -0.05) is 0 Å². The molecule has 0 nitrogen and oxygen atoms in total. The molecule has 0 fully saturated rings. The van der Waals surface area contributed by atoms with Gasteiger partial charge in [-0.3, -0.25) is 0 Å². The van der Waals surface area contributed by atoms with Crippen LogP contribution in [-0.2, 0) is 14.4 Å². The summed E-state index contributed by atoms with van der Waals surface area (Å²) in [7, 11) is 11.8. The summed E-state index contributed by atoms with van der Waals surface area (Å²) in [6, 6.07) is 0. The van der Waals surface area contributed by atoms with Gasteiger partial charge in [0.25, 0.3) is 0 Å². The summed E-state index contributed by atoms with van der Waals surface area (Å²) in [5, 5.41) is 0. The first kappa shape index (κ1) is 6.99. The van der Waals surface area contributed by atoms with Gasteiger partial charge < -0.3 is 0 Å². The molecule has 0 aromatic rings. The zero-order chi connectivity index (χ0) is 4.28. The van der Waals surface area contributed by atoms with Gasteiger partial charge in [0.15, 0.2) is 0 Å². The van der Waals surface area contributed by atoms with E-state index in [0.717, 1.165) is 0 Å². The summed E-state index contributed by atoms with van der Waals surface area (Å²) in [5.74, 6) is 0. The molecule has 5 heteroatoms. The fourth-order valence-corrected chi connectivity index (χ4v) is 0. The van der Waals surface area contributed by atoms with Crippen molar-refractivity contribution in [3.05, 3.63) is 0 Å². The molecule has 0 aliphatic carbocycles. The van der Waals surface area contributed by atoms with Gasteiger partial charge in [0, 0.05) is 0 Å². The Bertz CT molecular complexity index is 21.6. The zero-order valence-corrected chi connectivity index (χ0v) is 6.90. The van der Waals surface area contributed by atoms with E-state index in [4.69, 9.17) is 18.6 Å². The van der Waals surface area contributed by atoms with Crippen LogP contribution in [0.15, 0.2) is 0 Å². The Morgan fingerprint density at radius 2 is 1.80 bits per heavy atom. The molecule has 0 saturated carbocycles. The number of hydrogen-bond donors (Lipinski definition) is 1. The second-order valence-electron chi connectivity index (χ2n) is 0.317. The molecular formula is HCl2S2Ti. The quantitative estimate of drug-likeness (QED) is 0.370. The predicted octanol–water partition coefficient (Wildman–Crippen LogP) is 2.41.